The zero-order valence-electron chi connectivity index (χ0n) is 14.8. The summed E-state index contributed by atoms with van der Waals surface area (Å²) in [4.78, 5) is 25.2. The Labute approximate surface area is 152 Å². The van der Waals surface area contributed by atoms with Gasteiger partial charge in [0.25, 0.3) is 0 Å². The first-order valence-electron chi connectivity index (χ1n) is 8.81. The number of carbonyl (C=O) groups excluding carboxylic acids is 2. The van der Waals surface area contributed by atoms with Gasteiger partial charge in [0.15, 0.2) is 5.78 Å². The smallest absolute Gasteiger partial charge is 0.224 e. The van der Waals surface area contributed by atoms with Crippen molar-refractivity contribution in [1.29, 1.82) is 0 Å². The molecule has 4 nitrogen and oxygen atoms in total. The third-order valence-electron chi connectivity index (χ3n) is 4.62. The Bertz CT molecular complexity index is 795. The normalized spacial score (nSPS) is 14.8. The molecule has 5 heteroatoms. The van der Waals surface area contributed by atoms with Crippen LogP contribution in [0.5, 0.6) is 0 Å². The Morgan fingerprint density at radius 1 is 1.12 bits per heavy atom. The minimum absolute atomic E-state index is 0.101. The first-order valence-corrected chi connectivity index (χ1v) is 8.81. The molecule has 3 rings (SSSR count). The Hall–Kier alpha value is -2.53. The zero-order chi connectivity index (χ0) is 18.5. The average molecular weight is 355 g/mol. The summed E-state index contributed by atoms with van der Waals surface area (Å²) in [6.07, 6.45) is 2.17. The van der Waals surface area contributed by atoms with Crippen molar-refractivity contribution >= 4 is 17.4 Å². The minimum atomic E-state index is -0.393. The van der Waals surface area contributed by atoms with E-state index in [2.05, 4.69) is 5.32 Å². The number of nitrogens with one attached hydrogen (secondary N) is 1. The Balaban J connectivity index is 1.78. The molecule has 1 fully saturated rings. The molecule has 0 bridgehead atoms. The van der Waals surface area contributed by atoms with Crippen LogP contribution in [0.4, 0.5) is 10.1 Å². The van der Waals surface area contributed by atoms with Gasteiger partial charge in [-0.05, 0) is 67.6 Å². The van der Waals surface area contributed by atoms with E-state index in [0.29, 0.717) is 42.4 Å². The van der Waals surface area contributed by atoms with Crippen LogP contribution in [-0.4, -0.2) is 24.9 Å². The van der Waals surface area contributed by atoms with Crippen LogP contribution in [0.1, 0.15) is 40.7 Å². The fourth-order valence-corrected chi connectivity index (χ4v) is 3.13. The third kappa shape index (κ3) is 4.55. The van der Waals surface area contributed by atoms with E-state index >= 15 is 0 Å². The highest BCUT2D eigenvalue weighted by atomic mass is 19.1. The molecule has 0 saturated carbocycles. The van der Waals surface area contributed by atoms with Crippen molar-refractivity contribution in [1.82, 2.24) is 0 Å². The third-order valence-corrected chi connectivity index (χ3v) is 4.62. The second-order valence-corrected chi connectivity index (χ2v) is 6.69. The Morgan fingerprint density at radius 2 is 1.81 bits per heavy atom. The van der Waals surface area contributed by atoms with Crippen molar-refractivity contribution in [3.63, 3.8) is 0 Å². The summed E-state index contributed by atoms with van der Waals surface area (Å²) in [6.45, 7) is 3.29. The van der Waals surface area contributed by atoms with Gasteiger partial charge in [0.2, 0.25) is 5.91 Å². The van der Waals surface area contributed by atoms with Crippen LogP contribution < -0.4 is 5.32 Å². The van der Waals surface area contributed by atoms with E-state index in [-0.39, 0.29) is 11.7 Å². The van der Waals surface area contributed by atoms with E-state index in [1.165, 1.54) is 24.3 Å². The Kier molecular flexibility index (Phi) is 5.78. The number of halogens is 1. The molecule has 0 radical (unpaired) electrons. The first-order chi connectivity index (χ1) is 12.5. The number of carbonyl (C=O) groups is 2. The highest BCUT2D eigenvalue weighted by Crippen LogP contribution is 2.24. The summed E-state index contributed by atoms with van der Waals surface area (Å²) in [5, 5.41) is 2.89. The van der Waals surface area contributed by atoms with Crippen molar-refractivity contribution in [2.45, 2.75) is 26.2 Å². The van der Waals surface area contributed by atoms with Gasteiger partial charge in [-0.15, -0.1) is 0 Å². The lowest BCUT2D eigenvalue weighted by Crippen LogP contribution is -2.23. The maximum absolute atomic E-state index is 13.1. The number of amides is 1. The Morgan fingerprint density at radius 3 is 2.50 bits per heavy atom. The van der Waals surface area contributed by atoms with Gasteiger partial charge in [-0.2, -0.15) is 0 Å². The molecule has 136 valence electrons. The predicted molar refractivity (Wildman–Crippen MR) is 97.8 cm³/mol. The number of rotatable bonds is 5. The molecule has 1 heterocycles. The van der Waals surface area contributed by atoms with Gasteiger partial charge in [-0.25, -0.2) is 4.39 Å². The van der Waals surface area contributed by atoms with E-state index in [4.69, 9.17) is 4.74 Å². The van der Waals surface area contributed by atoms with E-state index in [0.717, 1.165) is 18.4 Å². The van der Waals surface area contributed by atoms with Gasteiger partial charge in [0.1, 0.15) is 5.82 Å². The largest absolute Gasteiger partial charge is 0.381 e. The molecule has 1 aliphatic heterocycles. The number of anilines is 1. The van der Waals surface area contributed by atoms with E-state index in [9.17, 15) is 14.0 Å². The first kappa shape index (κ1) is 18.3. The summed E-state index contributed by atoms with van der Waals surface area (Å²) < 4.78 is 18.4. The maximum Gasteiger partial charge on any atom is 0.224 e. The lowest BCUT2D eigenvalue weighted by molar-refractivity contribution is -0.117. The van der Waals surface area contributed by atoms with Crippen LogP contribution in [0.2, 0.25) is 0 Å². The lowest BCUT2D eigenvalue weighted by atomic mass is 9.95. The van der Waals surface area contributed by atoms with E-state index in [1.807, 2.05) is 13.0 Å². The number of ketones is 1. The number of aryl methyl sites for hydroxylation is 1. The molecular formula is C21H22FNO3. The molecular weight excluding hydrogens is 333 g/mol. The highest BCUT2D eigenvalue weighted by molar-refractivity contribution is 6.13. The molecule has 2 aromatic rings. The van der Waals surface area contributed by atoms with E-state index < -0.39 is 5.82 Å². The topological polar surface area (TPSA) is 55.4 Å². The number of hydrogen-bond donors (Lipinski definition) is 1. The fraction of sp³-hybridized carbons (Fsp3) is 0.333. The second kappa shape index (κ2) is 8.23. The highest BCUT2D eigenvalue weighted by Gasteiger charge is 2.20. The summed E-state index contributed by atoms with van der Waals surface area (Å²) in [5.41, 5.74) is 2.23. The van der Waals surface area contributed by atoms with Crippen LogP contribution in [0.25, 0.3) is 0 Å². The molecule has 1 saturated heterocycles. The predicted octanol–water partition coefficient (Wildman–Crippen LogP) is 4.12. The van der Waals surface area contributed by atoms with Gasteiger partial charge in [-0.1, -0.05) is 6.07 Å². The molecule has 0 aliphatic carbocycles. The van der Waals surface area contributed by atoms with Crippen molar-refractivity contribution in [2.75, 3.05) is 18.5 Å². The van der Waals surface area contributed by atoms with Crippen LogP contribution in [0.3, 0.4) is 0 Å². The average Bonchev–Trinajstić information content (AvgIpc) is 2.63. The van der Waals surface area contributed by atoms with Crippen LogP contribution in [-0.2, 0) is 9.53 Å². The number of hydrogen-bond acceptors (Lipinski definition) is 3. The summed E-state index contributed by atoms with van der Waals surface area (Å²) in [7, 11) is 0. The molecule has 1 aliphatic rings. The molecule has 0 atom stereocenters. The zero-order valence-corrected chi connectivity index (χ0v) is 14.8. The monoisotopic (exact) mass is 355 g/mol. The maximum atomic E-state index is 13.1. The summed E-state index contributed by atoms with van der Waals surface area (Å²) in [6, 6.07) is 10.7. The quantitative estimate of drug-likeness (QED) is 0.821. The number of ether oxygens (including phenoxy) is 1. The lowest BCUT2D eigenvalue weighted by Gasteiger charge is -2.21. The van der Waals surface area contributed by atoms with Crippen LogP contribution >= 0.6 is 0 Å². The fourth-order valence-electron chi connectivity index (χ4n) is 3.13. The number of benzene rings is 2. The van der Waals surface area contributed by atoms with Gasteiger partial charge in [0.05, 0.1) is 5.69 Å². The molecule has 26 heavy (non-hydrogen) atoms. The molecule has 1 amide bonds. The van der Waals surface area contributed by atoms with E-state index in [1.54, 1.807) is 12.1 Å². The molecule has 2 aromatic carbocycles. The summed E-state index contributed by atoms with van der Waals surface area (Å²) in [5.74, 6) is -0.428. The van der Waals surface area contributed by atoms with Crippen molar-refractivity contribution in [3.05, 3.63) is 65.0 Å². The van der Waals surface area contributed by atoms with Gasteiger partial charge < -0.3 is 10.1 Å². The van der Waals surface area contributed by atoms with Crippen molar-refractivity contribution < 1.29 is 18.7 Å². The van der Waals surface area contributed by atoms with Crippen LogP contribution in [0.15, 0.2) is 42.5 Å². The molecule has 0 spiro atoms. The SMILES string of the molecule is Cc1ccc(C(=O)c2ccc(F)cc2)c(NC(=O)CC2CCOCC2)c1. The minimum Gasteiger partial charge on any atom is -0.381 e. The van der Waals surface area contributed by atoms with Crippen molar-refractivity contribution in [2.24, 2.45) is 5.92 Å². The van der Waals surface area contributed by atoms with Crippen molar-refractivity contribution in [3.8, 4) is 0 Å². The molecule has 0 aromatic heterocycles. The molecule has 1 N–H and O–H groups in total. The van der Waals surface area contributed by atoms with Gasteiger partial charge in [-0.3, -0.25) is 9.59 Å². The standard InChI is InChI=1S/C21H22FNO3/c1-14-2-7-18(21(25)16-3-5-17(22)6-4-16)19(12-14)23-20(24)13-15-8-10-26-11-9-15/h2-7,12,15H,8-11,13H2,1H3,(H,23,24). The molecule has 0 unspecified atom stereocenters. The summed E-state index contributed by atoms with van der Waals surface area (Å²) >= 11 is 0. The van der Waals surface area contributed by atoms with Gasteiger partial charge in [0, 0.05) is 30.8 Å². The van der Waals surface area contributed by atoms with Gasteiger partial charge >= 0.3 is 0 Å². The van der Waals surface area contributed by atoms with Crippen LogP contribution in [0, 0.1) is 18.7 Å². The second-order valence-electron chi connectivity index (χ2n) is 6.69.